The van der Waals surface area contributed by atoms with Gasteiger partial charge in [0.2, 0.25) is 0 Å². The summed E-state index contributed by atoms with van der Waals surface area (Å²) in [5.74, 6) is 1.52. The topological polar surface area (TPSA) is 44.1 Å². The van der Waals surface area contributed by atoms with Crippen molar-refractivity contribution in [3.05, 3.63) is 106 Å². The van der Waals surface area contributed by atoms with Gasteiger partial charge in [-0.3, -0.25) is 9.36 Å². The average molecular weight is 439 g/mol. The van der Waals surface area contributed by atoms with Gasteiger partial charge in [-0.25, -0.2) is 4.98 Å². The van der Waals surface area contributed by atoms with Gasteiger partial charge >= 0.3 is 0 Å². The number of hydrogen-bond acceptors (Lipinski definition) is 4. The summed E-state index contributed by atoms with van der Waals surface area (Å²) >= 11 is 1.44. The molecule has 0 radical (unpaired) electrons. The second-order valence-electron chi connectivity index (χ2n) is 7.53. The Morgan fingerprint density at radius 2 is 1.53 bits per heavy atom. The number of para-hydroxylation sites is 1. The van der Waals surface area contributed by atoms with E-state index in [2.05, 4.69) is 24.3 Å². The largest absolute Gasteiger partial charge is 0.496 e. The molecule has 158 valence electrons. The van der Waals surface area contributed by atoms with Crippen LogP contribution in [0.4, 0.5) is 0 Å². The molecular formula is C27H22N2O2S. The number of nitrogens with zero attached hydrogens (tertiary/aromatic N) is 2. The maximum atomic E-state index is 13.3. The van der Waals surface area contributed by atoms with Crippen molar-refractivity contribution in [1.82, 2.24) is 9.55 Å². The van der Waals surface area contributed by atoms with Gasteiger partial charge in [0.05, 0.1) is 12.6 Å². The van der Waals surface area contributed by atoms with Crippen LogP contribution >= 0.6 is 11.3 Å². The van der Waals surface area contributed by atoms with Crippen molar-refractivity contribution in [3.63, 3.8) is 0 Å². The maximum Gasteiger partial charge on any atom is 0.271 e. The van der Waals surface area contributed by atoms with Crippen LogP contribution in [0.5, 0.6) is 5.75 Å². The van der Waals surface area contributed by atoms with Gasteiger partial charge in [0.25, 0.3) is 5.56 Å². The lowest BCUT2D eigenvalue weighted by Gasteiger charge is -2.14. The van der Waals surface area contributed by atoms with E-state index in [1.54, 1.807) is 11.7 Å². The Kier molecular flexibility index (Phi) is 5.57. The molecule has 3 aromatic carbocycles. The van der Waals surface area contributed by atoms with Crippen LogP contribution in [-0.2, 0) is 13.0 Å². The van der Waals surface area contributed by atoms with Crippen LogP contribution in [0.1, 0.15) is 5.56 Å². The van der Waals surface area contributed by atoms with Crippen molar-refractivity contribution >= 4 is 21.6 Å². The van der Waals surface area contributed by atoms with Crippen LogP contribution in [0.15, 0.2) is 95.1 Å². The van der Waals surface area contributed by atoms with Crippen molar-refractivity contribution in [2.75, 3.05) is 7.11 Å². The highest BCUT2D eigenvalue weighted by atomic mass is 32.1. The van der Waals surface area contributed by atoms with E-state index in [1.165, 1.54) is 11.3 Å². The molecule has 0 amide bonds. The molecule has 5 aromatic rings. The Balaban J connectivity index is 1.56. The summed E-state index contributed by atoms with van der Waals surface area (Å²) in [7, 11) is 1.67. The molecule has 0 aliphatic heterocycles. The fourth-order valence-electron chi connectivity index (χ4n) is 3.96. The lowest BCUT2D eigenvalue weighted by atomic mass is 10.0. The molecule has 2 heterocycles. The van der Waals surface area contributed by atoms with E-state index < -0.39 is 0 Å². The fourth-order valence-corrected chi connectivity index (χ4v) is 4.73. The van der Waals surface area contributed by atoms with Gasteiger partial charge in [0, 0.05) is 12.1 Å². The highest BCUT2D eigenvalue weighted by molar-refractivity contribution is 7.17. The second-order valence-corrected chi connectivity index (χ2v) is 8.45. The fraction of sp³-hybridized carbons (Fsp3) is 0.111. The number of rotatable bonds is 6. The molecule has 0 aliphatic rings. The standard InChI is InChI=1S/C27H22N2O2S/c1-31-24-10-6-5-9-21(24)15-17-29-26(28-23-16-18-32-25(23)27(29)30)22-13-11-20(12-14-22)19-7-3-2-4-8-19/h2-14,16,18H,15,17H2,1H3. The predicted octanol–water partition coefficient (Wildman–Crippen LogP) is 6.04. The van der Waals surface area contributed by atoms with Crippen molar-refractivity contribution in [2.45, 2.75) is 13.0 Å². The third kappa shape index (κ3) is 3.83. The number of aromatic nitrogens is 2. The number of aryl methyl sites for hydroxylation is 1. The number of ether oxygens (including phenoxy) is 1. The zero-order chi connectivity index (χ0) is 21.9. The average Bonchev–Trinajstić information content (AvgIpc) is 3.33. The lowest BCUT2D eigenvalue weighted by molar-refractivity contribution is 0.408. The van der Waals surface area contributed by atoms with E-state index in [9.17, 15) is 4.79 Å². The smallest absolute Gasteiger partial charge is 0.271 e. The molecule has 0 saturated heterocycles. The minimum absolute atomic E-state index is 0.00188. The zero-order valence-corrected chi connectivity index (χ0v) is 18.5. The van der Waals surface area contributed by atoms with Gasteiger partial charge in [0.1, 0.15) is 16.3 Å². The first-order chi connectivity index (χ1) is 15.7. The number of fused-ring (bicyclic) bond motifs is 1. The van der Waals surface area contributed by atoms with Crippen LogP contribution in [0.25, 0.3) is 32.7 Å². The van der Waals surface area contributed by atoms with Gasteiger partial charge in [0.15, 0.2) is 0 Å². The normalized spacial score (nSPS) is 11.0. The number of thiophene rings is 1. The SMILES string of the molecule is COc1ccccc1CCn1c(-c2ccc(-c3ccccc3)cc2)nc2ccsc2c1=O. The molecule has 0 unspecified atom stereocenters. The maximum absolute atomic E-state index is 13.3. The molecule has 0 aliphatic carbocycles. The minimum atomic E-state index is 0.00188. The monoisotopic (exact) mass is 438 g/mol. The second kappa shape index (κ2) is 8.81. The molecular weight excluding hydrogens is 416 g/mol. The number of hydrogen-bond donors (Lipinski definition) is 0. The first-order valence-corrected chi connectivity index (χ1v) is 11.4. The van der Waals surface area contributed by atoms with Crippen LogP contribution < -0.4 is 10.3 Å². The van der Waals surface area contributed by atoms with Crippen molar-refractivity contribution in [2.24, 2.45) is 0 Å². The Bertz CT molecular complexity index is 1420. The third-order valence-electron chi connectivity index (χ3n) is 5.61. The van der Waals surface area contributed by atoms with Gasteiger partial charge in [-0.05, 0) is 40.6 Å². The number of methoxy groups -OCH3 is 1. The minimum Gasteiger partial charge on any atom is -0.496 e. The van der Waals surface area contributed by atoms with Crippen LogP contribution in [0.3, 0.4) is 0 Å². The summed E-state index contributed by atoms with van der Waals surface area (Å²) < 4.78 is 7.97. The van der Waals surface area contributed by atoms with E-state index in [4.69, 9.17) is 9.72 Å². The molecule has 0 atom stereocenters. The highest BCUT2D eigenvalue weighted by Gasteiger charge is 2.15. The first-order valence-electron chi connectivity index (χ1n) is 10.5. The Labute approximate surface area is 190 Å². The summed E-state index contributed by atoms with van der Waals surface area (Å²) in [6.07, 6.45) is 0.678. The van der Waals surface area contributed by atoms with Gasteiger partial charge in [-0.1, -0.05) is 72.8 Å². The van der Waals surface area contributed by atoms with Crippen LogP contribution in [-0.4, -0.2) is 16.7 Å². The van der Waals surface area contributed by atoms with Gasteiger partial charge in [-0.15, -0.1) is 11.3 Å². The van der Waals surface area contributed by atoms with Crippen molar-refractivity contribution in [1.29, 1.82) is 0 Å². The summed E-state index contributed by atoms with van der Waals surface area (Å²) in [6.45, 7) is 0.524. The Hall–Kier alpha value is -3.70. The molecule has 5 heteroatoms. The molecule has 0 saturated carbocycles. The van der Waals surface area contributed by atoms with Crippen molar-refractivity contribution in [3.8, 4) is 28.3 Å². The molecule has 0 bridgehead atoms. The van der Waals surface area contributed by atoms with Crippen LogP contribution in [0.2, 0.25) is 0 Å². The van der Waals surface area contributed by atoms with E-state index in [1.807, 2.05) is 66.0 Å². The lowest BCUT2D eigenvalue weighted by Crippen LogP contribution is -2.23. The Morgan fingerprint density at radius 3 is 2.31 bits per heavy atom. The van der Waals surface area contributed by atoms with Crippen molar-refractivity contribution < 1.29 is 4.74 Å². The predicted molar refractivity (Wildman–Crippen MR) is 131 cm³/mol. The third-order valence-corrected chi connectivity index (χ3v) is 6.50. The van der Waals surface area contributed by atoms with Crippen LogP contribution in [0, 0.1) is 0 Å². The first kappa shape index (κ1) is 20.2. The molecule has 32 heavy (non-hydrogen) atoms. The van der Waals surface area contributed by atoms with Gasteiger partial charge in [-0.2, -0.15) is 0 Å². The quantitative estimate of drug-likeness (QED) is 0.324. The van der Waals surface area contributed by atoms with E-state index >= 15 is 0 Å². The summed E-state index contributed by atoms with van der Waals surface area (Å²) in [4.78, 5) is 18.2. The van der Waals surface area contributed by atoms with E-state index in [0.29, 0.717) is 23.5 Å². The zero-order valence-electron chi connectivity index (χ0n) is 17.7. The summed E-state index contributed by atoms with van der Waals surface area (Å²) in [5, 5.41) is 1.92. The molecule has 2 aromatic heterocycles. The summed E-state index contributed by atoms with van der Waals surface area (Å²) in [6, 6.07) is 28.3. The molecule has 0 spiro atoms. The number of benzene rings is 3. The highest BCUT2D eigenvalue weighted by Crippen LogP contribution is 2.26. The van der Waals surface area contributed by atoms with E-state index in [-0.39, 0.29) is 5.56 Å². The Morgan fingerprint density at radius 1 is 0.844 bits per heavy atom. The summed E-state index contributed by atoms with van der Waals surface area (Å²) in [5.41, 5.74) is 5.04. The van der Waals surface area contributed by atoms with Gasteiger partial charge < -0.3 is 4.74 Å². The van der Waals surface area contributed by atoms with E-state index in [0.717, 1.165) is 33.5 Å². The molecule has 5 rings (SSSR count). The molecule has 0 fully saturated rings. The molecule has 0 N–H and O–H groups in total. The molecule has 4 nitrogen and oxygen atoms in total.